The summed E-state index contributed by atoms with van der Waals surface area (Å²) in [7, 11) is 0. The fraction of sp³-hybridized carbons (Fsp3) is 0.267. The highest BCUT2D eigenvalue weighted by molar-refractivity contribution is 7.99. The van der Waals surface area contributed by atoms with Crippen molar-refractivity contribution in [3.8, 4) is 0 Å². The average molecular weight is 288 g/mol. The summed E-state index contributed by atoms with van der Waals surface area (Å²) in [4.78, 5) is 5.29. The second-order valence-electron chi connectivity index (χ2n) is 4.73. The summed E-state index contributed by atoms with van der Waals surface area (Å²) in [6, 6.07) is 12.4. The lowest BCUT2D eigenvalue weighted by molar-refractivity contribution is 0.575. The highest BCUT2D eigenvalue weighted by atomic mass is 32.2. The molecular formula is C15H20N4S. The van der Waals surface area contributed by atoms with E-state index in [4.69, 9.17) is 11.6 Å². The van der Waals surface area contributed by atoms with Gasteiger partial charge >= 0.3 is 0 Å². The number of benzene rings is 1. The normalized spacial score (nSPS) is 12.3. The molecule has 1 heterocycles. The molecule has 0 amide bonds. The molecule has 0 radical (unpaired) electrons. The van der Waals surface area contributed by atoms with E-state index in [1.54, 1.807) is 6.20 Å². The molecule has 0 saturated carbocycles. The number of nitrogens with zero attached hydrogens (tertiary/aromatic N) is 1. The van der Waals surface area contributed by atoms with Crippen LogP contribution in [0.2, 0.25) is 0 Å². The zero-order valence-electron chi connectivity index (χ0n) is 11.5. The summed E-state index contributed by atoms with van der Waals surface area (Å²) in [5.41, 5.74) is 11.0. The Labute approximate surface area is 123 Å². The van der Waals surface area contributed by atoms with Crippen molar-refractivity contribution < 1.29 is 0 Å². The SMILES string of the molecule is Cc1ccccc1SCC(Cc1ccnc(N)c1)NN. The predicted octanol–water partition coefficient (Wildman–Crippen LogP) is 2.14. The van der Waals surface area contributed by atoms with Crippen LogP contribution in [0.15, 0.2) is 47.5 Å². The molecule has 0 aliphatic heterocycles. The summed E-state index contributed by atoms with van der Waals surface area (Å²) in [6.45, 7) is 2.12. The maximum atomic E-state index is 5.69. The third kappa shape index (κ3) is 4.23. The third-order valence-corrected chi connectivity index (χ3v) is 4.44. The van der Waals surface area contributed by atoms with E-state index < -0.39 is 0 Å². The van der Waals surface area contributed by atoms with Crippen molar-refractivity contribution in [1.82, 2.24) is 10.4 Å². The summed E-state index contributed by atoms with van der Waals surface area (Å²) < 4.78 is 0. The van der Waals surface area contributed by atoms with Gasteiger partial charge in [0.05, 0.1) is 0 Å². The van der Waals surface area contributed by atoms with E-state index in [0.29, 0.717) is 5.82 Å². The van der Waals surface area contributed by atoms with Crippen LogP contribution in [0.5, 0.6) is 0 Å². The van der Waals surface area contributed by atoms with Crippen molar-refractivity contribution in [1.29, 1.82) is 0 Å². The number of anilines is 1. The molecule has 106 valence electrons. The maximum absolute atomic E-state index is 5.69. The minimum atomic E-state index is 0.196. The molecular weight excluding hydrogens is 268 g/mol. The Balaban J connectivity index is 1.94. The van der Waals surface area contributed by atoms with E-state index in [0.717, 1.165) is 17.7 Å². The van der Waals surface area contributed by atoms with Crippen LogP contribution < -0.4 is 17.0 Å². The van der Waals surface area contributed by atoms with Crippen LogP contribution in [-0.4, -0.2) is 16.8 Å². The second kappa shape index (κ2) is 7.28. The number of hydrogen-bond donors (Lipinski definition) is 3. The average Bonchev–Trinajstić information content (AvgIpc) is 2.45. The molecule has 1 aromatic carbocycles. The summed E-state index contributed by atoms with van der Waals surface area (Å²) in [6.07, 6.45) is 2.56. The highest BCUT2D eigenvalue weighted by Crippen LogP contribution is 2.23. The molecule has 5 heteroatoms. The van der Waals surface area contributed by atoms with Gasteiger partial charge in [-0.1, -0.05) is 18.2 Å². The van der Waals surface area contributed by atoms with Gasteiger partial charge in [0.15, 0.2) is 0 Å². The number of rotatable bonds is 6. The molecule has 1 unspecified atom stereocenters. The van der Waals surface area contributed by atoms with Gasteiger partial charge in [0, 0.05) is 22.9 Å². The van der Waals surface area contributed by atoms with E-state index in [2.05, 4.69) is 41.6 Å². The molecule has 1 aromatic heterocycles. The second-order valence-corrected chi connectivity index (χ2v) is 5.80. The van der Waals surface area contributed by atoms with Crippen molar-refractivity contribution in [3.05, 3.63) is 53.7 Å². The van der Waals surface area contributed by atoms with Gasteiger partial charge in [0.1, 0.15) is 5.82 Å². The van der Waals surface area contributed by atoms with E-state index in [1.807, 2.05) is 23.9 Å². The van der Waals surface area contributed by atoms with Crippen molar-refractivity contribution in [3.63, 3.8) is 0 Å². The Morgan fingerprint density at radius 3 is 2.80 bits per heavy atom. The Kier molecular flexibility index (Phi) is 5.40. The number of hydrazine groups is 1. The van der Waals surface area contributed by atoms with Crippen LogP contribution in [0, 0.1) is 6.92 Å². The van der Waals surface area contributed by atoms with Crippen molar-refractivity contribution in [2.24, 2.45) is 5.84 Å². The Morgan fingerprint density at radius 1 is 1.30 bits per heavy atom. The minimum absolute atomic E-state index is 0.196. The molecule has 20 heavy (non-hydrogen) atoms. The summed E-state index contributed by atoms with van der Waals surface area (Å²) in [5, 5.41) is 0. The van der Waals surface area contributed by atoms with Crippen molar-refractivity contribution >= 4 is 17.6 Å². The number of aryl methyl sites for hydroxylation is 1. The minimum Gasteiger partial charge on any atom is -0.384 e. The number of aromatic nitrogens is 1. The zero-order valence-corrected chi connectivity index (χ0v) is 12.4. The number of hydrogen-bond acceptors (Lipinski definition) is 5. The molecule has 4 nitrogen and oxygen atoms in total. The Bertz CT molecular complexity index is 559. The summed E-state index contributed by atoms with van der Waals surface area (Å²) >= 11 is 1.81. The van der Waals surface area contributed by atoms with E-state index in [9.17, 15) is 0 Å². The topological polar surface area (TPSA) is 77.0 Å². The molecule has 0 aliphatic rings. The lowest BCUT2D eigenvalue weighted by atomic mass is 10.1. The quantitative estimate of drug-likeness (QED) is 0.431. The third-order valence-electron chi connectivity index (χ3n) is 3.10. The standard InChI is InChI=1S/C15H20N4S/c1-11-4-2-3-5-14(11)20-10-13(19-17)8-12-6-7-18-15(16)9-12/h2-7,9,13,19H,8,10,17H2,1H3,(H2,16,18). The van der Waals surface area contributed by atoms with Gasteiger partial charge in [-0.25, -0.2) is 4.98 Å². The number of nitrogens with one attached hydrogen (secondary N) is 1. The van der Waals surface area contributed by atoms with E-state index >= 15 is 0 Å². The molecule has 0 aliphatic carbocycles. The number of nitrogen functional groups attached to an aromatic ring is 1. The van der Waals surface area contributed by atoms with Crippen LogP contribution in [0.25, 0.3) is 0 Å². The molecule has 0 bridgehead atoms. The molecule has 0 fully saturated rings. The van der Waals surface area contributed by atoms with Crippen LogP contribution >= 0.6 is 11.8 Å². The molecule has 2 aromatic rings. The summed E-state index contributed by atoms with van der Waals surface area (Å²) in [5.74, 6) is 7.10. The highest BCUT2D eigenvalue weighted by Gasteiger charge is 2.09. The van der Waals surface area contributed by atoms with Gasteiger partial charge in [-0.2, -0.15) is 0 Å². The molecule has 0 saturated heterocycles. The fourth-order valence-corrected chi connectivity index (χ4v) is 3.05. The van der Waals surface area contributed by atoms with Crippen molar-refractivity contribution in [2.75, 3.05) is 11.5 Å². The van der Waals surface area contributed by atoms with Gasteiger partial charge in [0.25, 0.3) is 0 Å². The van der Waals surface area contributed by atoms with E-state index in [-0.39, 0.29) is 6.04 Å². The van der Waals surface area contributed by atoms with Gasteiger partial charge in [-0.15, -0.1) is 11.8 Å². The van der Waals surface area contributed by atoms with Crippen LogP contribution in [0.4, 0.5) is 5.82 Å². The molecule has 5 N–H and O–H groups in total. The van der Waals surface area contributed by atoms with Gasteiger partial charge in [-0.05, 0) is 42.7 Å². The number of thioether (sulfide) groups is 1. The van der Waals surface area contributed by atoms with Crippen LogP contribution in [0.3, 0.4) is 0 Å². The lowest BCUT2D eigenvalue weighted by Gasteiger charge is -2.16. The first-order valence-corrected chi connectivity index (χ1v) is 7.52. The lowest BCUT2D eigenvalue weighted by Crippen LogP contribution is -2.38. The first kappa shape index (κ1) is 14.8. The van der Waals surface area contributed by atoms with Crippen LogP contribution in [-0.2, 0) is 6.42 Å². The Hall–Kier alpha value is -1.56. The smallest absolute Gasteiger partial charge is 0.123 e. The van der Waals surface area contributed by atoms with Gasteiger partial charge in [-0.3, -0.25) is 11.3 Å². The largest absolute Gasteiger partial charge is 0.384 e. The number of pyridine rings is 1. The number of nitrogens with two attached hydrogens (primary N) is 2. The van der Waals surface area contributed by atoms with E-state index in [1.165, 1.54) is 10.5 Å². The molecule has 0 spiro atoms. The predicted molar refractivity (Wildman–Crippen MR) is 85.4 cm³/mol. The fourth-order valence-electron chi connectivity index (χ4n) is 1.98. The zero-order chi connectivity index (χ0) is 14.4. The first-order chi connectivity index (χ1) is 9.69. The van der Waals surface area contributed by atoms with Crippen LogP contribution in [0.1, 0.15) is 11.1 Å². The van der Waals surface area contributed by atoms with Gasteiger partial charge < -0.3 is 5.73 Å². The monoisotopic (exact) mass is 288 g/mol. The van der Waals surface area contributed by atoms with Crippen molar-refractivity contribution in [2.45, 2.75) is 24.3 Å². The molecule has 2 rings (SSSR count). The Morgan fingerprint density at radius 2 is 2.10 bits per heavy atom. The molecule has 1 atom stereocenters. The maximum Gasteiger partial charge on any atom is 0.123 e. The van der Waals surface area contributed by atoms with Gasteiger partial charge in [0.2, 0.25) is 0 Å². The first-order valence-electron chi connectivity index (χ1n) is 6.54.